The summed E-state index contributed by atoms with van der Waals surface area (Å²) in [5.74, 6) is -1.55. The van der Waals surface area contributed by atoms with Crippen LogP contribution in [0.2, 0.25) is 0 Å². The topological polar surface area (TPSA) is 81.7 Å². The van der Waals surface area contributed by atoms with E-state index in [1.54, 1.807) is 0 Å². The number of carbonyl (C=O) groups excluding carboxylic acids is 2. The number of benzene rings is 2. The third-order valence-electron chi connectivity index (χ3n) is 4.39. The maximum Gasteiger partial charge on any atom is 0.320 e. The van der Waals surface area contributed by atoms with E-state index in [1.165, 1.54) is 53.4 Å². The number of nitrogens with zero attached hydrogens (tertiary/aromatic N) is 1. The zero-order valence-corrected chi connectivity index (χ0v) is 14.4. The van der Waals surface area contributed by atoms with Crippen molar-refractivity contribution in [1.82, 2.24) is 5.32 Å². The van der Waals surface area contributed by atoms with Crippen molar-refractivity contribution in [3.05, 3.63) is 60.2 Å². The number of hydrogen-bond acceptors (Lipinski definition) is 3. The summed E-state index contributed by atoms with van der Waals surface area (Å²) in [5.41, 5.74) is 0.854. The lowest BCUT2D eigenvalue weighted by Gasteiger charge is -2.25. The minimum Gasteiger partial charge on any atom is -0.396 e. The van der Waals surface area contributed by atoms with Gasteiger partial charge in [-0.05, 0) is 61.4 Å². The summed E-state index contributed by atoms with van der Waals surface area (Å²) in [6.07, 6.45) is -0.0676. The van der Waals surface area contributed by atoms with Gasteiger partial charge < -0.3 is 15.7 Å². The molecule has 0 aliphatic carbocycles. The van der Waals surface area contributed by atoms with Crippen LogP contribution in [-0.2, 0) is 4.79 Å². The molecule has 1 fully saturated rings. The quantitative estimate of drug-likeness (QED) is 0.752. The van der Waals surface area contributed by atoms with E-state index in [1.807, 2.05) is 0 Å². The molecule has 0 saturated carbocycles. The normalized spacial score (nSPS) is 19.2. The molecule has 1 aliphatic heterocycles. The number of amides is 3. The first kappa shape index (κ1) is 18.8. The number of anilines is 2. The summed E-state index contributed by atoms with van der Waals surface area (Å²) in [5, 5.41) is 14.5. The Morgan fingerprint density at radius 2 is 1.67 bits per heavy atom. The van der Waals surface area contributed by atoms with E-state index >= 15 is 0 Å². The lowest BCUT2D eigenvalue weighted by atomic mass is 10.0. The van der Waals surface area contributed by atoms with Crippen molar-refractivity contribution in [3.63, 3.8) is 0 Å². The van der Waals surface area contributed by atoms with Crippen LogP contribution in [0.15, 0.2) is 48.5 Å². The van der Waals surface area contributed by atoms with Crippen LogP contribution in [0.4, 0.5) is 25.0 Å². The first-order valence-corrected chi connectivity index (χ1v) is 8.50. The number of aliphatic hydroxyl groups excluding tert-OH is 1. The predicted octanol–water partition coefficient (Wildman–Crippen LogP) is 2.85. The molecule has 3 amide bonds. The molecule has 1 heterocycles. The average Bonchev–Trinajstić information content (AvgIpc) is 2.93. The van der Waals surface area contributed by atoms with Crippen molar-refractivity contribution in [2.75, 3.05) is 16.8 Å². The molecule has 0 bridgehead atoms. The number of nitrogens with one attached hydrogen (secondary N) is 2. The van der Waals surface area contributed by atoms with Crippen molar-refractivity contribution >= 4 is 23.3 Å². The standard InChI is InChI=1S/C19H19F2N3O3/c20-13-1-5-15(6-2-13)22-19(27)23-17-11-12(9-10-25)18(26)24(17)16-7-3-14(21)4-8-16/h1-8,12,17,25H,9-11H2,(H2,22,23,27)/t12-,17+/m1/s1. The second kappa shape index (κ2) is 8.13. The Balaban J connectivity index is 1.75. The number of rotatable bonds is 5. The SMILES string of the molecule is O=C(Nc1ccc(F)cc1)N[C@@H]1C[C@@H](CCO)C(=O)N1c1ccc(F)cc1. The molecule has 3 N–H and O–H groups in total. The van der Waals surface area contributed by atoms with Gasteiger partial charge in [0.25, 0.3) is 0 Å². The van der Waals surface area contributed by atoms with E-state index in [4.69, 9.17) is 0 Å². The van der Waals surface area contributed by atoms with Gasteiger partial charge in [0, 0.05) is 23.9 Å². The first-order chi connectivity index (χ1) is 13.0. The van der Waals surface area contributed by atoms with E-state index in [9.17, 15) is 23.5 Å². The Labute approximate surface area is 154 Å². The fourth-order valence-electron chi connectivity index (χ4n) is 3.11. The van der Waals surface area contributed by atoms with Crippen molar-refractivity contribution in [1.29, 1.82) is 0 Å². The minimum atomic E-state index is -0.653. The molecule has 3 rings (SSSR count). The zero-order chi connectivity index (χ0) is 19.4. The minimum absolute atomic E-state index is 0.151. The summed E-state index contributed by atoms with van der Waals surface area (Å²) in [4.78, 5) is 26.4. The van der Waals surface area contributed by atoms with Crippen LogP contribution >= 0.6 is 0 Å². The molecule has 0 radical (unpaired) electrons. The van der Waals surface area contributed by atoms with Gasteiger partial charge in [-0.2, -0.15) is 0 Å². The molecule has 0 spiro atoms. The molecule has 0 aromatic heterocycles. The molecule has 2 aromatic rings. The van der Waals surface area contributed by atoms with Gasteiger partial charge in [-0.3, -0.25) is 9.69 Å². The summed E-state index contributed by atoms with van der Waals surface area (Å²) >= 11 is 0. The first-order valence-electron chi connectivity index (χ1n) is 8.50. The molecule has 6 nitrogen and oxygen atoms in total. The van der Waals surface area contributed by atoms with Crippen LogP contribution in [-0.4, -0.2) is 29.8 Å². The van der Waals surface area contributed by atoms with Crippen molar-refractivity contribution in [3.8, 4) is 0 Å². The molecule has 142 valence electrons. The van der Waals surface area contributed by atoms with Crippen molar-refractivity contribution in [2.24, 2.45) is 5.92 Å². The molecular weight excluding hydrogens is 356 g/mol. The highest BCUT2D eigenvalue weighted by Gasteiger charge is 2.40. The highest BCUT2D eigenvalue weighted by molar-refractivity contribution is 5.99. The van der Waals surface area contributed by atoms with E-state index in [-0.39, 0.29) is 18.9 Å². The number of carbonyl (C=O) groups is 2. The third-order valence-corrected chi connectivity index (χ3v) is 4.39. The predicted molar refractivity (Wildman–Crippen MR) is 96.0 cm³/mol. The van der Waals surface area contributed by atoms with Crippen molar-refractivity contribution in [2.45, 2.75) is 19.0 Å². The second-order valence-electron chi connectivity index (χ2n) is 6.25. The summed E-state index contributed by atoms with van der Waals surface area (Å²) in [6, 6.07) is 10.1. The second-order valence-corrected chi connectivity index (χ2v) is 6.25. The Kier molecular flexibility index (Phi) is 5.66. The van der Waals surface area contributed by atoms with Gasteiger partial charge in [-0.1, -0.05) is 0 Å². The molecule has 0 unspecified atom stereocenters. The van der Waals surface area contributed by atoms with Gasteiger partial charge in [-0.25, -0.2) is 13.6 Å². The number of aliphatic hydroxyl groups is 1. The molecule has 2 aromatic carbocycles. The molecular formula is C19H19F2N3O3. The van der Waals surface area contributed by atoms with E-state index < -0.39 is 29.7 Å². The lowest BCUT2D eigenvalue weighted by molar-refractivity contribution is -0.120. The van der Waals surface area contributed by atoms with Gasteiger partial charge in [0.2, 0.25) is 5.91 Å². The molecule has 2 atom stereocenters. The maximum atomic E-state index is 13.2. The van der Waals surface area contributed by atoms with Gasteiger partial charge in [-0.15, -0.1) is 0 Å². The van der Waals surface area contributed by atoms with Crippen LogP contribution in [0, 0.1) is 17.6 Å². The summed E-state index contributed by atoms with van der Waals surface area (Å²) in [6.45, 7) is -0.151. The van der Waals surface area contributed by atoms with Gasteiger partial charge >= 0.3 is 6.03 Å². The summed E-state index contributed by atoms with van der Waals surface area (Å²) in [7, 11) is 0. The van der Waals surface area contributed by atoms with Gasteiger partial charge in [0.05, 0.1) is 0 Å². The Morgan fingerprint density at radius 3 is 2.26 bits per heavy atom. The smallest absolute Gasteiger partial charge is 0.320 e. The number of urea groups is 1. The van der Waals surface area contributed by atoms with Crippen LogP contribution in [0.5, 0.6) is 0 Å². The zero-order valence-electron chi connectivity index (χ0n) is 14.4. The van der Waals surface area contributed by atoms with Crippen LogP contribution < -0.4 is 15.5 Å². The van der Waals surface area contributed by atoms with Crippen LogP contribution in [0.25, 0.3) is 0 Å². The van der Waals surface area contributed by atoms with Crippen LogP contribution in [0.1, 0.15) is 12.8 Å². The van der Waals surface area contributed by atoms with E-state index in [0.29, 0.717) is 17.8 Å². The van der Waals surface area contributed by atoms with E-state index in [0.717, 1.165) is 0 Å². The Hall–Kier alpha value is -3.00. The highest BCUT2D eigenvalue weighted by atomic mass is 19.1. The molecule has 1 saturated heterocycles. The van der Waals surface area contributed by atoms with Gasteiger partial charge in [0.15, 0.2) is 0 Å². The van der Waals surface area contributed by atoms with Crippen molar-refractivity contribution < 1.29 is 23.5 Å². The fraction of sp³-hybridized carbons (Fsp3) is 0.263. The van der Waals surface area contributed by atoms with E-state index in [2.05, 4.69) is 10.6 Å². The highest BCUT2D eigenvalue weighted by Crippen LogP contribution is 2.31. The number of hydrogen-bond donors (Lipinski definition) is 3. The molecule has 8 heteroatoms. The lowest BCUT2D eigenvalue weighted by Crippen LogP contribution is -2.47. The largest absolute Gasteiger partial charge is 0.396 e. The van der Waals surface area contributed by atoms with Crippen LogP contribution in [0.3, 0.4) is 0 Å². The third kappa shape index (κ3) is 4.40. The Bertz CT molecular complexity index is 812. The maximum absolute atomic E-state index is 13.2. The monoisotopic (exact) mass is 375 g/mol. The fourth-order valence-corrected chi connectivity index (χ4v) is 3.11. The molecule has 1 aliphatic rings. The van der Waals surface area contributed by atoms with Gasteiger partial charge in [0.1, 0.15) is 17.8 Å². The Morgan fingerprint density at radius 1 is 1.07 bits per heavy atom. The average molecular weight is 375 g/mol. The number of halogens is 2. The molecule has 27 heavy (non-hydrogen) atoms. The summed E-state index contributed by atoms with van der Waals surface area (Å²) < 4.78 is 26.2.